The summed E-state index contributed by atoms with van der Waals surface area (Å²) in [7, 11) is 0. The summed E-state index contributed by atoms with van der Waals surface area (Å²) in [5, 5.41) is 6.38. The van der Waals surface area contributed by atoms with E-state index in [4.69, 9.17) is 10.5 Å². The Morgan fingerprint density at radius 1 is 1.31 bits per heavy atom. The predicted molar refractivity (Wildman–Crippen MR) is 92.7 cm³/mol. The number of benzene rings is 1. The maximum Gasteiger partial charge on any atom is 0.416 e. The molecule has 0 amide bonds. The van der Waals surface area contributed by atoms with Gasteiger partial charge in [-0.1, -0.05) is 25.5 Å². The van der Waals surface area contributed by atoms with E-state index >= 15 is 0 Å². The second-order valence-electron chi connectivity index (χ2n) is 6.47. The third-order valence-electron chi connectivity index (χ3n) is 4.71. The van der Waals surface area contributed by atoms with Crippen LogP contribution in [-0.4, -0.2) is 44.3 Å². The average Bonchev–Trinajstić information content (AvgIpc) is 2.63. The molecule has 0 saturated carbocycles. The van der Waals surface area contributed by atoms with Crippen LogP contribution in [0.3, 0.4) is 0 Å². The molecule has 5 nitrogen and oxygen atoms in total. The van der Waals surface area contributed by atoms with Crippen molar-refractivity contribution in [3.63, 3.8) is 0 Å². The molecule has 1 fully saturated rings. The number of carbonyl (C=O) groups excluding carboxylic acids is 1. The van der Waals surface area contributed by atoms with E-state index in [-0.39, 0.29) is 6.54 Å². The Bertz CT molecular complexity index is 584. The summed E-state index contributed by atoms with van der Waals surface area (Å²) in [5.74, 6) is -0.930. The van der Waals surface area contributed by atoms with Crippen LogP contribution in [0.1, 0.15) is 36.8 Å². The van der Waals surface area contributed by atoms with Crippen LogP contribution in [0.2, 0.25) is 0 Å². The average molecular weight is 373 g/mol. The van der Waals surface area contributed by atoms with Crippen molar-refractivity contribution in [3.8, 4) is 0 Å². The molecule has 1 aliphatic rings. The van der Waals surface area contributed by atoms with Crippen LogP contribution in [0.15, 0.2) is 24.3 Å². The van der Waals surface area contributed by atoms with Crippen molar-refractivity contribution in [2.24, 2.45) is 5.73 Å². The first-order valence-corrected chi connectivity index (χ1v) is 8.85. The van der Waals surface area contributed by atoms with Gasteiger partial charge in [0.25, 0.3) is 0 Å². The molecule has 0 aromatic heterocycles. The quantitative estimate of drug-likeness (QED) is 0.504. The minimum Gasteiger partial charge on any atom is -0.464 e. The van der Waals surface area contributed by atoms with Crippen LogP contribution in [0, 0.1) is 0 Å². The van der Waals surface area contributed by atoms with Crippen molar-refractivity contribution < 1.29 is 22.7 Å². The molecular weight excluding hydrogens is 347 g/mol. The molecular formula is C18H26F3N3O2. The zero-order valence-electron chi connectivity index (χ0n) is 14.9. The summed E-state index contributed by atoms with van der Waals surface area (Å²) in [6.45, 7) is 3.94. The normalized spacial score (nSPS) is 22.0. The number of hydrogen-bond acceptors (Lipinski definition) is 5. The standard InChI is InChI=1S/C18H26F3N3O2/c1-2-3-10-26-16(25)17(12-23-8-9-24-17)15(11-22)13-4-6-14(7-5-13)18(19,20)21/h4-7,15,23-24H,2-3,8-12,22H2,1H3. The fourth-order valence-corrected chi connectivity index (χ4v) is 3.22. The Morgan fingerprint density at radius 3 is 2.50 bits per heavy atom. The van der Waals surface area contributed by atoms with E-state index in [9.17, 15) is 18.0 Å². The first-order valence-electron chi connectivity index (χ1n) is 8.85. The van der Waals surface area contributed by atoms with Gasteiger partial charge < -0.3 is 15.8 Å². The summed E-state index contributed by atoms with van der Waals surface area (Å²) in [5.41, 5.74) is 4.69. The van der Waals surface area contributed by atoms with Gasteiger partial charge >= 0.3 is 12.1 Å². The Morgan fingerprint density at radius 2 is 2.00 bits per heavy atom. The molecule has 4 N–H and O–H groups in total. The number of unbranched alkanes of at least 4 members (excludes halogenated alkanes) is 1. The number of carbonyl (C=O) groups is 1. The lowest BCUT2D eigenvalue weighted by molar-refractivity contribution is -0.153. The van der Waals surface area contributed by atoms with Crippen LogP contribution < -0.4 is 16.4 Å². The molecule has 2 unspecified atom stereocenters. The largest absolute Gasteiger partial charge is 0.464 e. The van der Waals surface area contributed by atoms with E-state index in [0.29, 0.717) is 31.8 Å². The predicted octanol–water partition coefficient (Wildman–Crippen LogP) is 2.02. The Hall–Kier alpha value is -1.64. The lowest BCUT2D eigenvalue weighted by Gasteiger charge is -2.42. The Labute approximate surface area is 151 Å². The molecule has 146 valence electrons. The Kier molecular flexibility index (Phi) is 7.02. The van der Waals surface area contributed by atoms with Crippen LogP contribution in [0.25, 0.3) is 0 Å². The monoisotopic (exact) mass is 373 g/mol. The number of alkyl halides is 3. The number of rotatable bonds is 7. The van der Waals surface area contributed by atoms with Gasteiger partial charge in [0.2, 0.25) is 0 Å². The highest BCUT2D eigenvalue weighted by molar-refractivity contribution is 5.83. The van der Waals surface area contributed by atoms with Gasteiger partial charge in [0, 0.05) is 32.1 Å². The zero-order chi connectivity index (χ0) is 19.2. The number of nitrogens with one attached hydrogen (secondary N) is 2. The highest BCUT2D eigenvalue weighted by atomic mass is 19.4. The van der Waals surface area contributed by atoms with E-state index in [0.717, 1.165) is 25.0 Å². The molecule has 1 aliphatic heterocycles. The molecule has 0 radical (unpaired) electrons. The van der Waals surface area contributed by atoms with Gasteiger partial charge in [-0.25, -0.2) is 4.79 Å². The zero-order valence-corrected chi connectivity index (χ0v) is 14.9. The first-order chi connectivity index (χ1) is 12.3. The Balaban J connectivity index is 2.30. The summed E-state index contributed by atoms with van der Waals surface area (Å²) >= 11 is 0. The third-order valence-corrected chi connectivity index (χ3v) is 4.71. The number of piperazine rings is 1. The van der Waals surface area contributed by atoms with E-state index in [1.807, 2.05) is 6.92 Å². The summed E-state index contributed by atoms with van der Waals surface area (Å²) in [6, 6.07) is 4.81. The summed E-state index contributed by atoms with van der Waals surface area (Å²) in [6.07, 6.45) is -2.76. The minimum absolute atomic E-state index is 0.100. The van der Waals surface area contributed by atoms with Crippen molar-refractivity contribution in [1.29, 1.82) is 0 Å². The van der Waals surface area contributed by atoms with Gasteiger partial charge in [-0.15, -0.1) is 0 Å². The molecule has 1 saturated heterocycles. The third kappa shape index (κ3) is 4.55. The number of ether oxygens (including phenoxy) is 1. The van der Waals surface area contributed by atoms with E-state index < -0.39 is 29.2 Å². The lowest BCUT2D eigenvalue weighted by Crippen LogP contribution is -2.68. The summed E-state index contributed by atoms with van der Waals surface area (Å²) < 4.78 is 43.9. The molecule has 0 bridgehead atoms. The van der Waals surface area contributed by atoms with Crippen LogP contribution in [0.4, 0.5) is 13.2 Å². The number of halogens is 3. The minimum atomic E-state index is -4.40. The number of nitrogens with two attached hydrogens (primary N) is 1. The molecule has 2 rings (SSSR count). The van der Waals surface area contributed by atoms with Crippen LogP contribution >= 0.6 is 0 Å². The second-order valence-corrected chi connectivity index (χ2v) is 6.47. The maximum absolute atomic E-state index is 12.8. The smallest absolute Gasteiger partial charge is 0.416 e. The van der Waals surface area contributed by atoms with Gasteiger partial charge in [-0.05, 0) is 24.1 Å². The van der Waals surface area contributed by atoms with E-state index in [1.165, 1.54) is 12.1 Å². The van der Waals surface area contributed by atoms with Gasteiger partial charge in [0.15, 0.2) is 0 Å². The summed E-state index contributed by atoms with van der Waals surface area (Å²) in [4.78, 5) is 12.8. The van der Waals surface area contributed by atoms with Crippen LogP contribution in [0.5, 0.6) is 0 Å². The molecule has 1 aromatic carbocycles. The molecule has 8 heteroatoms. The van der Waals surface area contributed by atoms with Gasteiger partial charge in [-0.2, -0.15) is 13.2 Å². The number of esters is 1. The fourth-order valence-electron chi connectivity index (χ4n) is 3.22. The van der Waals surface area contributed by atoms with Gasteiger partial charge in [-0.3, -0.25) is 5.32 Å². The fraction of sp³-hybridized carbons (Fsp3) is 0.611. The van der Waals surface area contributed by atoms with Gasteiger partial charge in [0.05, 0.1) is 12.2 Å². The lowest BCUT2D eigenvalue weighted by atomic mass is 9.77. The van der Waals surface area contributed by atoms with Gasteiger partial charge in [0.1, 0.15) is 5.54 Å². The first kappa shape index (κ1) is 20.7. The number of hydrogen-bond donors (Lipinski definition) is 3. The second kappa shape index (κ2) is 8.83. The SMILES string of the molecule is CCCCOC(=O)C1(C(CN)c2ccc(C(F)(F)F)cc2)CNCCN1. The molecule has 0 aliphatic carbocycles. The molecule has 1 heterocycles. The maximum atomic E-state index is 12.8. The highest BCUT2D eigenvalue weighted by Crippen LogP contribution is 2.33. The van der Waals surface area contributed by atoms with Crippen molar-refractivity contribution in [2.75, 3.05) is 32.8 Å². The topological polar surface area (TPSA) is 76.4 Å². The van der Waals surface area contributed by atoms with E-state index in [1.54, 1.807) is 0 Å². The highest BCUT2D eigenvalue weighted by Gasteiger charge is 2.48. The van der Waals surface area contributed by atoms with Crippen molar-refractivity contribution in [3.05, 3.63) is 35.4 Å². The molecule has 0 spiro atoms. The van der Waals surface area contributed by atoms with Crippen molar-refractivity contribution in [2.45, 2.75) is 37.4 Å². The molecule has 1 aromatic rings. The van der Waals surface area contributed by atoms with Crippen molar-refractivity contribution >= 4 is 5.97 Å². The van der Waals surface area contributed by atoms with E-state index in [2.05, 4.69) is 10.6 Å². The van der Waals surface area contributed by atoms with Crippen molar-refractivity contribution in [1.82, 2.24) is 10.6 Å². The molecule has 26 heavy (non-hydrogen) atoms. The van der Waals surface area contributed by atoms with Crippen LogP contribution in [-0.2, 0) is 15.7 Å². The molecule has 2 atom stereocenters.